The number of aryl methyl sites for hydroxylation is 2. The van der Waals surface area contributed by atoms with Gasteiger partial charge in [0.2, 0.25) is 11.2 Å². The Kier molecular flexibility index (Phi) is 6.37. The van der Waals surface area contributed by atoms with Crippen molar-refractivity contribution >= 4 is 15.8 Å². The van der Waals surface area contributed by atoms with Gasteiger partial charge in [0, 0.05) is 12.5 Å². The zero-order chi connectivity index (χ0) is 21.7. The molecule has 156 valence electrons. The average molecular weight is 428 g/mol. The molecular formula is C22H20O7S. The molecule has 0 aliphatic carbocycles. The van der Waals surface area contributed by atoms with Crippen molar-refractivity contribution in [2.45, 2.75) is 24.8 Å². The highest BCUT2D eigenvalue weighted by Crippen LogP contribution is 2.19. The number of carbonyl (C=O) groups is 1. The van der Waals surface area contributed by atoms with Crippen LogP contribution in [-0.4, -0.2) is 25.2 Å². The largest absolute Gasteiger partial charge is 0.481 e. The van der Waals surface area contributed by atoms with E-state index in [-0.39, 0.29) is 29.4 Å². The zero-order valence-electron chi connectivity index (χ0n) is 16.2. The van der Waals surface area contributed by atoms with E-state index in [2.05, 4.69) is 0 Å². The van der Waals surface area contributed by atoms with E-state index in [0.717, 1.165) is 17.2 Å². The van der Waals surface area contributed by atoms with Crippen molar-refractivity contribution < 1.29 is 27.5 Å². The quantitative estimate of drug-likeness (QED) is 0.586. The summed E-state index contributed by atoms with van der Waals surface area (Å²) in [7, 11) is -3.62. The highest BCUT2D eigenvalue weighted by molar-refractivity contribution is 7.91. The minimum absolute atomic E-state index is 0.00691. The summed E-state index contributed by atoms with van der Waals surface area (Å²) in [5.41, 5.74) is 0.996. The predicted octanol–water partition coefficient (Wildman–Crippen LogP) is 3.24. The van der Waals surface area contributed by atoms with Crippen LogP contribution in [0.3, 0.4) is 0 Å². The van der Waals surface area contributed by atoms with Crippen LogP contribution in [0.4, 0.5) is 0 Å². The summed E-state index contributed by atoms with van der Waals surface area (Å²) in [6.07, 6.45) is -0.148. The predicted molar refractivity (Wildman–Crippen MR) is 110 cm³/mol. The highest BCUT2D eigenvalue weighted by atomic mass is 32.2. The molecule has 0 atom stereocenters. The molecular weight excluding hydrogens is 408 g/mol. The fourth-order valence-corrected chi connectivity index (χ4v) is 4.02. The van der Waals surface area contributed by atoms with Crippen molar-refractivity contribution in [3.8, 4) is 5.75 Å². The van der Waals surface area contributed by atoms with Gasteiger partial charge < -0.3 is 14.3 Å². The fraction of sp³-hybridized carbons (Fsp3) is 0.182. The van der Waals surface area contributed by atoms with Crippen LogP contribution in [0.25, 0.3) is 0 Å². The monoisotopic (exact) mass is 428 g/mol. The maximum Gasteiger partial charge on any atom is 0.375 e. The van der Waals surface area contributed by atoms with E-state index in [4.69, 9.17) is 9.15 Å². The Bertz CT molecular complexity index is 1190. The molecule has 0 amide bonds. The second-order valence-electron chi connectivity index (χ2n) is 6.70. The Labute approximate surface area is 173 Å². The van der Waals surface area contributed by atoms with Crippen LogP contribution in [0.15, 0.2) is 74.8 Å². The number of carboxylic acids is 1. The van der Waals surface area contributed by atoms with E-state index in [1.165, 1.54) is 12.1 Å². The number of carboxylic acid groups (broad SMARTS) is 1. The average Bonchev–Trinajstić information content (AvgIpc) is 2.72. The van der Waals surface area contributed by atoms with Gasteiger partial charge >= 0.3 is 5.97 Å². The molecule has 3 rings (SSSR count). The minimum atomic E-state index is -3.62. The van der Waals surface area contributed by atoms with Gasteiger partial charge in [-0.05, 0) is 24.6 Å². The standard InChI is InChI=1S/C22H20O7S/c1-15-7-9-18(10-8-15)30(26,27)12-11-17-13-19(23)20(21(29-17)22(24)25)28-14-16-5-3-2-4-6-16/h2-10,13H,11-12,14H2,1H3,(H,24,25). The first-order chi connectivity index (χ1) is 14.3. The van der Waals surface area contributed by atoms with Crippen molar-refractivity contribution in [2.75, 3.05) is 5.75 Å². The van der Waals surface area contributed by atoms with Gasteiger partial charge in [0.1, 0.15) is 12.4 Å². The van der Waals surface area contributed by atoms with Crippen LogP contribution in [0.1, 0.15) is 27.4 Å². The molecule has 0 aliphatic heterocycles. The number of ether oxygens (including phenoxy) is 1. The van der Waals surface area contributed by atoms with Crippen LogP contribution < -0.4 is 10.2 Å². The van der Waals surface area contributed by atoms with Crippen molar-refractivity contribution in [3.63, 3.8) is 0 Å². The first kappa shape index (κ1) is 21.3. The third kappa shape index (κ3) is 5.15. The summed E-state index contributed by atoms with van der Waals surface area (Å²) in [6.45, 7) is 1.84. The molecule has 0 spiro atoms. The van der Waals surface area contributed by atoms with Crippen LogP contribution in [0, 0.1) is 6.92 Å². The third-order valence-corrected chi connectivity index (χ3v) is 6.10. The molecule has 0 fully saturated rings. The highest BCUT2D eigenvalue weighted by Gasteiger charge is 2.22. The lowest BCUT2D eigenvalue weighted by molar-refractivity contribution is 0.0647. The Morgan fingerprint density at radius 2 is 1.73 bits per heavy atom. The third-order valence-electron chi connectivity index (χ3n) is 4.37. The molecule has 2 aromatic carbocycles. The molecule has 0 bridgehead atoms. The summed E-state index contributed by atoms with van der Waals surface area (Å²) in [4.78, 5) is 24.1. The second-order valence-corrected chi connectivity index (χ2v) is 8.81. The second kappa shape index (κ2) is 8.96. The van der Waals surface area contributed by atoms with E-state index in [9.17, 15) is 23.1 Å². The molecule has 0 saturated carbocycles. The van der Waals surface area contributed by atoms with Gasteiger partial charge in [-0.25, -0.2) is 13.2 Å². The number of hydrogen-bond acceptors (Lipinski definition) is 6. The van der Waals surface area contributed by atoms with Gasteiger partial charge in [-0.15, -0.1) is 0 Å². The van der Waals surface area contributed by atoms with E-state index in [1.807, 2.05) is 13.0 Å². The number of hydrogen-bond donors (Lipinski definition) is 1. The first-order valence-electron chi connectivity index (χ1n) is 9.13. The molecule has 0 radical (unpaired) electrons. The number of rotatable bonds is 8. The lowest BCUT2D eigenvalue weighted by atomic mass is 10.2. The molecule has 1 aromatic heterocycles. The SMILES string of the molecule is Cc1ccc(S(=O)(=O)CCc2cc(=O)c(OCc3ccccc3)c(C(=O)O)o2)cc1. The van der Waals surface area contributed by atoms with Crippen molar-refractivity contribution in [1.29, 1.82) is 0 Å². The molecule has 1 N–H and O–H groups in total. The van der Waals surface area contributed by atoms with Crippen LogP contribution in [-0.2, 0) is 22.9 Å². The minimum Gasteiger partial charge on any atom is -0.481 e. The van der Waals surface area contributed by atoms with Gasteiger partial charge in [-0.1, -0.05) is 48.0 Å². The fourth-order valence-electron chi connectivity index (χ4n) is 2.76. The molecule has 3 aromatic rings. The zero-order valence-corrected chi connectivity index (χ0v) is 17.0. The van der Waals surface area contributed by atoms with Crippen molar-refractivity contribution in [2.24, 2.45) is 0 Å². The molecule has 0 saturated heterocycles. The van der Waals surface area contributed by atoms with Gasteiger partial charge in [0.05, 0.1) is 10.6 Å². The number of benzene rings is 2. The summed E-state index contributed by atoms with van der Waals surface area (Å²) < 4.78 is 35.7. The van der Waals surface area contributed by atoms with Crippen LogP contribution >= 0.6 is 0 Å². The van der Waals surface area contributed by atoms with E-state index in [0.29, 0.717) is 0 Å². The molecule has 0 unspecified atom stereocenters. The Morgan fingerprint density at radius 1 is 1.07 bits per heavy atom. The Hall–Kier alpha value is -3.39. The topological polar surface area (TPSA) is 111 Å². The lowest BCUT2D eigenvalue weighted by Crippen LogP contribution is -2.16. The number of sulfone groups is 1. The van der Waals surface area contributed by atoms with Gasteiger partial charge in [-0.2, -0.15) is 0 Å². The molecule has 7 nitrogen and oxygen atoms in total. The Morgan fingerprint density at radius 3 is 2.37 bits per heavy atom. The summed E-state index contributed by atoms with van der Waals surface area (Å²) in [6, 6.07) is 16.4. The van der Waals surface area contributed by atoms with E-state index < -0.39 is 32.7 Å². The first-order valence-corrected chi connectivity index (χ1v) is 10.8. The molecule has 30 heavy (non-hydrogen) atoms. The maximum absolute atomic E-state index is 12.5. The summed E-state index contributed by atoms with van der Waals surface area (Å²) >= 11 is 0. The van der Waals surface area contributed by atoms with Crippen molar-refractivity contribution in [1.82, 2.24) is 0 Å². The molecule has 8 heteroatoms. The van der Waals surface area contributed by atoms with Crippen molar-refractivity contribution in [3.05, 3.63) is 93.5 Å². The maximum atomic E-state index is 12.5. The van der Waals surface area contributed by atoms with E-state index >= 15 is 0 Å². The smallest absolute Gasteiger partial charge is 0.375 e. The van der Waals surface area contributed by atoms with E-state index in [1.54, 1.807) is 36.4 Å². The summed E-state index contributed by atoms with van der Waals surface area (Å²) in [5, 5.41) is 9.41. The number of aromatic carboxylic acids is 1. The van der Waals surface area contributed by atoms with Crippen LogP contribution in [0.2, 0.25) is 0 Å². The molecule has 0 aliphatic rings. The Balaban J connectivity index is 1.80. The lowest BCUT2D eigenvalue weighted by Gasteiger charge is -2.10. The van der Waals surface area contributed by atoms with Gasteiger partial charge in [-0.3, -0.25) is 4.79 Å². The molecule has 1 heterocycles. The van der Waals surface area contributed by atoms with Gasteiger partial charge in [0.25, 0.3) is 5.76 Å². The normalized spacial score (nSPS) is 11.2. The van der Waals surface area contributed by atoms with Crippen LogP contribution in [0.5, 0.6) is 5.75 Å². The summed E-state index contributed by atoms with van der Waals surface area (Å²) in [5.74, 6) is -2.92. The van der Waals surface area contributed by atoms with Gasteiger partial charge in [0.15, 0.2) is 9.84 Å².